The molecule has 0 heterocycles. The molecule has 0 amide bonds. The van der Waals surface area contributed by atoms with Gasteiger partial charge in [-0.3, -0.25) is 0 Å². The molecule has 2 unspecified atom stereocenters. The van der Waals surface area contributed by atoms with Gasteiger partial charge in [0.1, 0.15) is 0 Å². The fraction of sp³-hybridized carbons (Fsp3) is 0.455. The molecule has 3 nitrogen and oxygen atoms in total. The molecule has 0 fully saturated rings. The minimum absolute atomic E-state index is 0.266. The van der Waals surface area contributed by atoms with Crippen LogP contribution in [0.1, 0.15) is 29.7 Å². The first-order valence-corrected chi connectivity index (χ1v) is 4.73. The molecule has 5 N–H and O–H groups in total. The van der Waals surface area contributed by atoms with E-state index >= 15 is 0 Å². The summed E-state index contributed by atoms with van der Waals surface area (Å²) in [6.07, 6.45) is -0.618. The van der Waals surface area contributed by atoms with Crippen molar-refractivity contribution in [2.75, 3.05) is 5.73 Å². The molecule has 0 aromatic heterocycles. The molecule has 0 aliphatic heterocycles. The monoisotopic (exact) mass is 194 g/mol. The van der Waals surface area contributed by atoms with Crippen LogP contribution in [-0.4, -0.2) is 11.1 Å². The van der Waals surface area contributed by atoms with Gasteiger partial charge < -0.3 is 16.6 Å². The maximum absolute atomic E-state index is 9.77. The lowest BCUT2D eigenvalue weighted by atomic mass is 9.98. The lowest BCUT2D eigenvalue weighted by Crippen LogP contribution is -2.24. The Morgan fingerprint density at radius 1 is 1.21 bits per heavy atom. The number of anilines is 1. The molecule has 0 bridgehead atoms. The molecule has 0 aliphatic carbocycles. The summed E-state index contributed by atoms with van der Waals surface area (Å²) >= 11 is 0. The van der Waals surface area contributed by atoms with E-state index in [2.05, 4.69) is 0 Å². The van der Waals surface area contributed by atoms with E-state index in [1.165, 1.54) is 0 Å². The molecule has 14 heavy (non-hydrogen) atoms. The fourth-order valence-electron chi connectivity index (χ4n) is 1.48. The van der Waals surface area contributed by atoms with Gasteiger partial charge >= 0.3 is 0 Å². The van der Waals surface area contributed by atoms with Gasteiger partial charge in [-0.05, 0) is 37.5 Å². The van der Waals surface area contributed by atoms with Crippen molar-refractivity contribution in [3.05, 3.63) is 28.8 Å². The van der Waals surface area contributed by atoms with E-state index in [1.54, 1.807) is 6.92 Å². The molecule has 0 saturated carbocycles. The quantitative estimate of drug-likeness (QED) is 0.621. The molecule has 3 heteroatoms. The van der Waals surface area contributed by atoms with E-state index < -0.39 is 6.10 Å². The zero-order valence-corrected chi connectivity index (χ0v) is 8.91. The molecule has 2 atom stereocenters. The van der Waals surface area contributed by atoms with Crippen LogP contribution in [0.25, 0.3) is 0 Å². The van der Waals surface area contributed by atoms with E-state index in [-0.39, 0.29) is 6.04 Å². The van der Waals surface area contributed by atoms with E-state index in [4.69, 9.17) is 11.5 Å². The molecule has 0 spiro atoms. The van der Waals surface area contributed by atoms with Crippen LogP contribution in [0.2, 0.25) is 0 Å². The van der Waals surface area contributed by atoms with Gasteiger partial charge in [-0.25, -0.2) is 0 Å². The Morgan fingerprint density at radius 3 is 2.00 bits per heavy atom. The second kappa shape index (κ2) is 3.98. The number of benzene rings is 1. The van der Waals surface area contributed by atoms with Gasteiger partial charge in [-0.1, -0.05) is 12.1 Å². The Morgan fingerprint density at radius 2 is 1.64 bits per heavy atom. The van der Waals surface area contributed by atoms with Crippen LogP contribution >= 0.6 is 0 Å². The maximum atomic E-state index is 9.77. The summed E-state index contributed by atoms with van der Waals surface area (Å²) in [7, 11) is 0. The van der Waals surface area contributed by atoms with Gasteiger partial charge in [0, 0.05) is 11.7 Å². The average molecular weight is 194 g/mol. The first kappa shape index (κ1) is 11.0. The van der Waals surface area contributed by atoms with Crippen LogP contribution in [0.3, 0.4) is 0 Å². The molecule has 1 rings (SSSR count). The van der Waals surface area contributed by atoms with Crippen molar-refractivity contribution in [2.45, 2.75) is 32.9 Å². The van der Waals surface area contributed by atoms with Crippen molar-refractivity contribution in [2.24, 2.45) is 5.73 Å². The third-order valence-electron chi connectivity index (χ3n) is 2.46. The van der Waals surface area contributed by atoms with Crippen LogP contribution in [0, 0.1) is 13.8 Å². The Kier molecular flexibility index (Phi) is 3.13. The number of nitrogen functional groups attached to an aromatic ring is 1. The summed E-state index contributed by atoms with van der Waals surface area (Å²) in [4.78, 5) is 0. The number of nitrogens with two attached hydrogens (primary N) is 2. The van der Waals surface area contributed by atoms with Crippen molar-refractivity contribution >= 4 is 5.69 Å². The SMILES string of the molecule is Cc1cc(C(O)C(C)N)cc(C)c1N. The van der Waals surface area contributed by atoms with Crippen molar-refractivity contribution in [3.63, 3.8) is 0 Å². The zero-order chi connectivity index (χ0) is 10.9. The first-order chi connectivity index (χ1) is 6.43. The maximum Gasteiger partial charge on any atom is 0.0938 e. The largest absolute Gasteiger partial charge is 0.398 e. The Hall–Kier alpha value is -1.06. The van der Waals surface area contributed by atoms with Crippen molar-refractivity contribution in [3.8, 4) is 0 Å². The summed E-state index contributed by atoms with van der Waals surface area (Å²) in [5, 5.41) is 9.77. The van der Waals surface area contributed by atoms with Crippen molar-refractivity contribution in [1.82, 2.24) is 0 Å². The summed E-state index contributed by atoms with van der Waals surface area (Å²) in [6, 6.07) is 3.50. The summed E-state index contributed by atoms with van der Waals surface area (Å²) in [6.45, 7) is 5.64. The summed E-state index contributed by atoms with van der Waals surface area (Å²) in [5.41, 5.74) is 15.0. The van der Waals surface area contributed by atoms with Gasteiger partial charge in [0.2, 0.25) is 0 Å². The van der Waals surface area contributed by atoms with Gasteiger partial charge in [0.05, 0.1) is 6.10 Å². The van der Waals surface area contributed by atoms with Crippen LogP contribution in [0.5, 0.6) is 0 Å². The highest BCUT2D eigenvalue weighted by Crippen LogP contribution is 2.23. The van der Waals surface area contributed by atoms with E-state index in [1.807, 2.05) is 26.0 Å². The predicted molar refractivity (Wildman–Crippen MR) is 58.9 cm³/mol. The number of aliphatic hydroxyl groups is 1. The first-order valence-electron chi connectivity index (χ1n) is 4.73. The molecule has 0 saturated heterocycles. The molecule has 0 radical (unpaired) electrons. The number of rotatable bonds is 2. The molecule has 0 aliphatic rings. The highest BCUT2D eigenvalue weighted by Gasteiger charge is 2.13. The standard InChI is InChI=1S/C11H18N2O/c1-6-4-9(11(14)8(3)12)5-7(2)10(6)13/h4-5,8,11,14H,12-13H2,1-3H3. The van der Waals surface area contributed by atoms with Crippen molar-refractivity contribution < 1.29 is 5.11 Å². The normalized spacial score (nSPS) is 15.2. The highest BCUT2D eigenvalue weighted by molar-refractivity contribution is 5.54. The third kappa shape index (κ3) is 2.05. The van der Waals surface area contributed by atoms with Gasteiger partial charge in [0.25, 0.3) is 0 Å². The smallest absolute Gasteiger partial charge is 0.0938 e. The molecular formula is C11H18N2O. The molecule has 1 aromatic rings. The summed E-state index contributed by atoms with van der Waals surface area (Å²) < 4.78 is 0. The molecular weight excluding hydrogens is 176 g/mol. The average Bonchev–Trinajstić information content (AvgIpc) is 2.12. The third-order valence-corrected chi connectivity index (χ3v) is 2.46. The Bertz CT molecular complexity index is 311. The second-order valence-corrected chi connectivity index (χ2v) is 3.87. The summed E-state index contributed by atoms with van der Waals surface area (Å²) in [5.74, 6) is 0. The number of aryl methyl sites for hydroxylation is 2. The Balaban J connectivity index is 3.12. The fourth-order valence-corrected chi connectivity index (χ4v) is 1.48. The lowest BCUT2D eigenvalue weighted by Gasteiger charge is -2.17. The van der Waals surface area contributed by atoms with E-state index in [0.29, 0.717) is 0 Å². The van der Waals surface area contributed by atoms with Gasteiger partial charge in [0.15, 0.2) is 0 Å². The minimum atomic E-state index is -0.618. The Labute approximate surface area is 84.7 Å². The van der Waals surface area contributed by atoms with Crippen LogP contribution in [-0.2, 0) is 0 Å². The highest BCUT2D eigenvalue weighted by atomic mass is 16.3. The number of hydrogen-bond donors (Lipinski definition) is 3. The van der Waals surface area contributed by atoms with E-state index in [0.717, 1.165) is 22.4 Å². The minimum Gasteiger partial charge on any atom is -0.398 e. The lowest BCUT2D eigenvalue weighted by molar-refractivity contribution is 0.153. The van der Waals surface area contributed by atoms with Crippen LogP contribution in [0.4, 0.5) is 5.69 Å². The number of aliphatic hydroxyl groups excluding tert-OH is 1. The molecule has 1 aromatic carbocycles. The number of hydrogen-bond acceptors (Lipinski definition) is 3. The van der Waals surface area contributed by atoms with Crippen LogP contribution < -0.4 is 11.5 Å². The topological polar surface area (TPSA) is 72.3 Å². The molecule has 78 valence electrons. The second-order valence-electron chi connectivity index (χ2n) is 3.87. The van der Waals surface area contributed by atoms with Gasteiger partial charge in [-0.15, -0.1) is 0 Å². The van der Waals surface area contributed by atoms with E-state index in [9.17, 15) is 5.11 Å². The van der Waals surface area contributed by atoms with Gasteiger partial charge in [-0.2, -0.15) is 0 Å². The van der Waals surface area contributed by atoms with Crippen molar-refractivity contribution in [1.29, 1.82) is 0 Å². The zero-order valence-electron chi connectivity index (χ0n) is 8.91. The predicted octanol–water partition coefficient (Wildman–Crippen LogP) is 1.27. The van der Waals surface area contributed by atoms with Crippen LogP contribution in [0.15, 0.2) is 12.1 Å².